The van der Waals surface area contributed by atoms with E-state index in [0.717, 1.165) is 18.4 Å². The molecule has 1 fully saturated rings. The number of ether oxygens (including phenoxy) is 1. The minimum atomic E-state index is -3.55. The van der Waals surface area contributed by atoms with Crippen LogP contribution in [0.4, 0.5) is 0 Å². The molecule has 166 valence electrons. The van der Waals surface area contributed by atoms with Gasteiger partial charge in [0.25, 0.3) is 11.8 Å². The summed E-state index contributed by atoms with van der Waals surface area (Å²) in [5, 5.41) is 0.563. The highest BCUT2D eigenvalue weighted by atomic mass is 35.5. The molecular weight excluding hydrogens is 442 g/mol. The van der Waals surface area contributed by atoms with Crippen molar-refractivity contribution in [2.45, 2.75) is 37.7 Å². The number of carbonyl (C=O) groups excluding carboxylic acids is 2. The lowest BCUT2D eigenvalue weighted by Gasteiger charge is -2.17. The molecule has 3 rings (SSSR count). The van der Waals surface area contributed by atoms with Crippen LogP contribution in [-0.2, 0) is 14.8 Å². The average Bonchev–Trinajstić information content (AvgIpc) is 3.29. The molecule has 0 radical (unpaired) electrons. The van der Waals surface area contributed by atoms with Crippen LogP contribution in [0.25, 0.3) is 0 Å². The average molecular weight is 466 g/mol. The lowest BCUT2D eigenvalue weighted by molar-refractivity contribution is -0.128. The summed E-state index contributed by atoms with van der Waals surface area (Å²) in [6, 6.07) is 10.6. The number of benzene rings is 2. The Morgan fingerprint density at radius 3 is 2.32 bits per heavy atom. The number of hydrazine groups is 1. The summed E-state index contributed by atoms with van der Waals surface area (Å²) in [6.45, 7) is 4.37. The number of aryl methyl sites for hydroxylation is 1. The van der Waals surface area contributed by atoms with E-state index in [-0.39, 0.29) is 10.5 Å². The van der Waals surface area contributed by atoms with Crippen LogP contribution < -0.4 is 15.6 Å². The van der Waals surface area contributed by atoms with E-state index in [9.17, 15) is 18.0 Å². The van der Waals surface area contributed by atoms with Gasteiger partial charge in [-0.05, 0) is 74.7 Å². The smallest absolute Gasteiger partial charge is 0.279 e. The van der Waals surface area contributed by atoms with Crippen molar-refractivity contribution in [3.8, 4) is 5.75 Å². The molecular formula is C21H24ClN3O5S. The number of nitrogens with one attached hydrogen (secondary N) is 2. The Balaban J connectivity index is 1.55. The monoisotopic (exact) mass is 465 g/mol. The molecule has 1 unspecified atom stereocenters. The van der Waals surface area contributed by atoms with Crippen LogP contribution in [0, 0.1) is 6.92 Å². The molecule has 1 atom stereocenters. The topological polar surface area (TPSA) is 105 Å². The van der Waals surface area contributed by atoms with Gasteiger partial charge in [0.15, 0.2) is 6.10 Å². The molecule has 2 amide bonds. The molecule has 1 aliphatic rings. The van der Waals surface area contributed by atoms with Crippen LogP contribution >= 0.6 is 11.6 Å². The van der Waals surface area contributed by atoms with Crippen LogP contribution in [-0.4, -0.2) is 43.7 Å². The van der Waals surface area contributed by atoms with E-state index in [4.69, 9.17) is 16.3 Å². The molecule has 0 aromatic heterocycles. The number of hydrogen-bond donors (Lipinski definition) is 2. The van der Waals surface area contributed by atoms with Crippen molar-refractivity contribution in [3.63, 3.8) is 0 Å². The van der Waals surface area contributed by atoms with Crippen molar-refractivity contribution in [2.24, 2.45) is 0 Å². The second-order valence-electron chi connectivity index (χ2n) is 7.25. The van der Waals surface area contributed by atoms with Gasteiger partial charge in [0, 0.05) is 23.7 Å². The Morgan fingerprint density at radius 2 is 1.71 bits per heavy atom. The highest BCUT2D eigenvalue weighted by Gasteiger charge is 2.27. The fourth-order valence-corrected chi connectivity index (χ4v) is 4.88. The van der Waals surface area contributed by atoms with Gasteiger partial charge in [-0.2, -0.15) is 4.31 Å². The molecule has 31 heavy (non-hydrogen) atoms. The maximum absolute atomic E-state index is 12.5. The minimum absolute atomic E-state index is 0.135. The molecule has 1 aliphatic heterocycles. The first-order valence-electron chi connectivity index (χ1n) is 9.81. The summed E-state index contributed by atoms with van der Waals surface area (Å²) >= 11 is 5.91. The van der Waals surface area contributed by atoms with Crippen LogP contribution in [0.3, 0.4) is 0 Å². The van der Waals surface area contributed by atoms with E-state index in [0.29, 0.717) is 23.9 Å². The quantitative estimate of drug-likeness (QED) is 0.638. The van der Waals surface area contributed by atoms with Crippen molar-refractivity contribution in [1.82, 2.24) is 15.2 Å². The number of hydrogen-bond acceptors (Lipinski definition) is 5. The number of nitrogens with zero attached hydrogens (tertiary/aromatic N) is 1. The standard InChI is InChI=1S/C21H24ClN3O5S/c1-14-13-17(22)7-10-19(14)30-15(2)20(26)23-24-21(27)16-5-8-18(9-6-16)31(28,29)25-11-3-4-12-25/h5-10,13,15H,3-4,11-12H2,1-2H3,(H,23,26)(H,24,27). The molecule has 2 N–H and O–H groups in total. The van der Waals surface area contributed by atoms with E-state index in [1.54, 1.807) is 32.0 Å². The zero-order valence-corrected chi connectivity index (χ0v) is 18.8. The van der Waals surface area contributed by atoms with Crippen LogP contribution in [0.2, 0.25) is 5.02 Å². The highest BCUT2D eigenvalue weighted by molar-refractivity contribution is 7.89. The van der Waals surface area contributed by atoms with Gasteiger partial charge >= 0.3 is 0 Å². The Kier molecular flexibility index (Phi) is 7.19. The first-order valence-corrected chi connectivity index (χ1v) is 11.6. The van der Waals surface area contributed by atoms with Crippen molar-refractivity contribution in [3.05, 3.63) is 58.6 Å². The zero-order chi connectivity index (χ0) is 22.6. The highest BCUT2D eigenvalue weighted by Crippen LogP contribution is 2.23. The summed E-state index contributed by atoms with van der Waals surface area (Å²) < 4.78 is 32.1. The van der Waals surface area contributed by atoms with E-state index in [1.807, 2.05) is 0 Å². The van der Waals surface area contributed by atoms with E-state index in [2.05, 4.69) is 10.9 Å². The Morgan fingerprint density at radius 1 is 1.06 bits per heavy atom. The van der Waals surface area contributed by atoms with Gasteiger partial charge in [0.2, 0.25) is 10.0 Å². The van der Waals surface area contributed by atoms with Gasteiger partial charge in [-0.1, -0.05) is 11.6 Å². The third kappa shape index (κ3) is 5.55. The third-order valence-electron chi connectivity index (χ3n) is 4.93. The summed E-state index contributed by atoms with van der Waals surface area (Å²) in [4.78, 5) is 24.7. The molecule has 0 aliphatic carbocycles. The van der Waals surface area contributed by atoms with E-state index in [1.165, 1.54) is 28.6 Å². The first-order chi connectivity index (χ1) is 14.7. The van der Waals surface area contributed by atoms with Gasteiger partial charge in [0.05, 0.1) is 4.90 Å². The Hall–Kier alpha value is -2.62. The molecule has 1 saturated heterocycles. The summed E-state index contributed by atoms with van der Waals surface area (Å²) in [5.74, 6) is -0.613. The molecule has 10 heteroatoms. The molecule has 0 saturated carbocycles. The predicted molar refractivity (Wildman–Crippen MR) is 116 cm³/mol. The van der Waals surface area contributed by atoms with Crippen molar-refractivity contribution in [1.29, 1.82) is 0 Å². The van der Waals surface area contributed by atoms with Gasteiger partial charge < -0.3 is 4.74 Å². The van der Waals surface area contributed by atoms with Crippen molar-refractivity contribution >= 4 is 33.4 Å². The fourth-order valence-electron chi connectivity index (χ4n) is 3.14. The molecule has 2 aromatic rings. The van der Waals surface area contributed by atoms with Crippen LogP contribution in [0.15, 0.2) is 47.4 Å². The fraction of sp³-hybridized carbons (Fsp3) is 0.333. The molecule has 0 bridgehead atoms. The SMILES string of the molecule is Cc1cc(Cl)ccc1OC(C)C(=O)NNC(=O)c1ccc(S(=O)(=O)N2CCCC2)cc1. The first kappa shape index (κ1) is 23.1. The number of halogens is 1. The summed E-state index contributed by atoms with van der Waals surface area (Å²) in [7, 11) is -3.55. The van der Waals surface area contributed by atoms with Crippen molar-refractivity contribution < 1.29 is 22.7 Å². The normalized spacial score (nSPS) is 15.3. The molecule has 2 aromatic carbocycles. The van der Waals surface area contributed by atoms with Gasteiger partial charge in [-0.15, -0.1) is 0 Å². The zero-order valence-electron chi connectivity index (χ0n) is 17.2. The van der Waals surface area contributed by atoms with Crippen LogP contribution in [0.5, 0.6) is 5.75 Å². The van der Waals surface area contributed by atoms with Gasteiger partial charge in [0.1, 0.15) is 5.75 Å². The van der Waals surface area contributed by atoms with E-state index >= 15 is 0 Å². The lowest BCUT2D eigenvalue weighted by Crippen LogP contribution is -2.47. The third-order valence-corrected chi connectivity index (χ3v) is 7.08. The Labute approximate surface area is 186 Å². The second-order valence-corrected chi connectivity index (χ2v) is 9.62. The largest absolute Gasteiger partial charge is 0.481 e. The van der Waals surface area contributed by atoms with Gasteiger partial charge in [-0.25, -0.2) is 8.42 Å². The minimum Gasteiger partial charge on any atom is -0.481 e. The Bertz CT molecular complexity index is 1070. The summed E-state index contributed by atoms with van der Waals surface area (Å²) in [6.07, 6.45) is 0.825. The maximum Gasteiger partial charge on any atom is 0.279 e. The number of rotatable bonds is 6. The number of amides is 2. The summed E-state index contributed by atoms with van der Waals surface area (Å²) in [5.41, 5.74) is 5.60. The number of carbonyl (C=O) groups is 2. The van der Waals surface area contributed by atoms with E-state index < -0.39 is 27.9 Å². The predicted octanol–water partition coefficient (Wildman–Crippen LogP) is 2.66. The van der Waals surface area contributed by atoms with Gasteiger partial charge in [-0.3, -0.25) is 20.4 Å². The maximum atomic E-state index is 12.5. The molecule has 0 spiro atoms. The van der Waals surface area contributed by atoms with Crippen molar-refractivity contribution in [2.75, 3.05) is 13.1 Å². The second kappa shape index (κ2) is 9.67. The molecule has 1 heterocycles. The lowest BCUT2D eigenvalue weighted by atomic mass is 10.2. The van der Waals surface area contributed by atoms with Crippen LogP contribution in [0.1, 0.15) is 35.7 Å². The molecule has 8 nitrogen and oxygen atoms in total. The number of sulfonamides is 1.